The van der Waals surface area contributed by atoms with Crippen LogP contribution in [0.5, 0.6) is 0 Å². The average molecular weight is 376 g/mol. The van der Waals surface area contributed by atoms with E-state index in [9.17, 15) is 9.59 Å². The Bertz CT molecular complexity index is 441. The number of hydrogen-bond donors (Lipinski definition) is 1. The van der Waals surface area contributed by atoms with E-state index in [4.69, 9.17) is 5.11 Å². The monoisotopic (exact) mass is 375 g/mol. The van der Waals surface area contributed by atoms with Crippen LogP contribution in [0, 0.1) is 5.92 Å². The molecule has 146 valence electrons. The second kappa shape index (κ2) is 10.3. The summed E-state index contributed by atoms with van der Waals surface area (Å²) in [7, 11) is 1.89. The first-order valence-electron chi connectivity index (χ1n) is 9.33. The van der Waals surface area contributed by atoms with E-state index in [1.54, 1.807) is 0 Å². The van der Waals surface area contributed by atoms with Crippen LogP contribution in [-0.2, 0) is 9.59 Å². The van der Waals surface area contributed by atoms with Crippen molar-refractivity contribution in [2.45, 2.75) is 58.0 Å². The molecule has 1 amide bonds. The summed E-state index contributed by atoms with van der Waals surface area (Å²) in [5.74, 6) is 0.216. The van der Waals surface area contributed by atoms with Crippen molar-refractivity contribution >= 4 is 24.3 Å². The third-order valence-corrected chi connectivity index (χ3v) is 5.74. The molecule has 0 spiro atoms. The lowest BCUT2D eigenvalue weighted by atomic mass is 9.98. The summed E-state index contributed by atoms with van der Waals surface area (Å²) in [6.07, 6.45) is 5.17. The number of likely N-dealkylation sites (tertiary alicyclic amines) is 2. The molecule has 0 aromatic heterocycles. The number of carboxylic acids is 1. The van der Waals surface area contributed by atoms with E-state index in [1.807, 2.05) is 23.8 Å². The lowest BCUT2D eigenvalue weighted by Crippen LogP contribution is -2.49. The molecule has 2 aliphatic rings. The van der Waals surface area contributed by atoms with Gasteiger partial charge in [-0.05, 0) is 58.5 Å². The number of hydrogen-bond acceptors (Lipinski definition) is 4. The smallest absolute Gasteiger partial charge is 0.317 e. The second-order valence-electron chi connectivity index (χ2n) is 7.61. The molecule has 2 atom stereocenters. The third kappa shape index (κ3) is 6.42. The number of rotatable bonds is 5. The highest BCUT2D eigenvalue weighted by atomic mass is 35.5. The van der Waals surface area contributed by atoms with E-state index in [0.717, 1.165) is 64.2 Å². The first-order chi connectivity index (χ1) is 11.4. The zero-order valence-electron chi connectivity index (χ0n) is 15.8. The Balaban J connectivity index is 0.00000312. The number of aliphatic carboxylic acids is 1. The van der Waals surface area contributed by atoms with E-state index >= 15 is 0 Å². The summed E-state index contributed by atoms with van der Waals surface area (Å²) in [6.45, 7) is 7.95. The summed E-state index contributed by atoms with van der Waals surface area (Å²) < 4.78 is 0. The van der Waals surface area contributed by atoms with Crippen LogP contribution in [0.25, 0.3) is 0 Å². The van der Waals surface area contributed by atoms with Crippen molar-refractivity contribution in [1.29, 1.82) is 0 Å². The number of amides is 1. The summed E-state index contributed by atoms with van der Waals surface area (Å²) in [5, 5.41) is 8.96. The number of halogens is 1. The van der Waals surface area contributed by atoms with Gasteiger partial charge in [0.25, 0.3) is 0 Å². The molecule has 0 aromatic rings. The van der Waals surface area contributed by atoms with E-state index in [-0.39, 0.29) is 30.9 Å². The number of carbonyl (C=O) groups is 2. The van der Waals surface area contributed by atoms with Gasteiger partial charge in [0.05, 0.1) is 12.6 Å². The molecule has 7 heteroatoms. The highest BCUT2D eigenvalue weighted by molar-refractivity contribution is 5.85. The van der Waals surface area contributed by atoms with Crippen LogP contribution < -0.4 is 0 Å². The molecule has 1 N–H and O–H groups in total. The van der Waals surface area contributed by atoms with Crippen molar-refractivity contribution in [3.8, 4) is 0 Å². The van der Waals surface area contributed by atoms with Gasteiger partial charge >= 0.3 is 5.97 Å². The summed E-state index contributed by atoms with van der Waals surface area (Å²) in [5.41, 5.74) is 0. The van der Waals surface area contributed by atoms with Crippen LogP contribution in [0.1, 0.15) is 46.0 Å². The zero-order chi connectivity index (χ0) is 17.7. The first kappa shape index (κ1) is 22.2. The molecule has 2 unspecified atom stereocenters. The van der Waals surface area contributed by atoms with E-state index in [1.165, 1.54) is 0 Å². The molecule has 0 bridgehead atoms. The average Bonchev–Trinajstić information content (AvgIpc) is 2.79. The van der Waals surface area contributed by atoms with Crippen LogP contribution in [-0.4, -0.2) is 83.5 Å². The molecule has 2 rings (SSSR count). The number of nitrogens with zero attached hydrogens (tertiary/aromatic N) is 3. The molecule has 2 aliphatic heterocycles. The van der Waals surface area contributed by atoms with Crippen molar-refractivity contribution in [2.75, 3.05) is 39.8 Å². The number of carboxylic acid groups (broad SMARTS) is 1. The SMILES string of the molecule is CC1CCN(C(=O)C(C)N2CCCC(N(C)CC(=O)O)CC2)CC1.Cl. The van der Waals surface area contributed by atoms with E-state index in [2.05, 4.69) is 11.8 Å². The summed E-state index contributed by atoms with van der Waals surface area (Å²) in [6, 6.07) is 0.228. The molecule has 2 fully saturated rings. The van der Waals surface area contributed by atoms with Gasteiger partial charge in [0, 0.05) is 25.7 Å². The van der Waals surface area contributed by atoms with Crippen molar-refractivity contribution in [1.82, 2.24) is 14.7 Å². The van der Waals surface area contributed by atoms with Gasteiger partial charge < -0.3 is 10.0 Å². The molecule has 2 saturated heterocycles. The number of carbonyl (C=O) groups excluding carboxylic acids is 1. The van der Waals surface area contributed by atoms with Crippen molar-refractivity contribution < 1.29 is 14.7 Å². The molecule has 0 radical (unpaired) electrons. The normalized spacial score (nSPS) is 24.5. The molecule has 0 aromatic carbocycles. The minimum absolute atomic E-state index is 0. The maximum absolute atomic E-state index is 12.8. The van der Waals surface area contributed by atoms with Crippen molar-refractivity contribution in [3.63, 3.8) is 0 Å². The van der Waals surface area contributed by atoms with Crippen LogP contribution >= 0.6 is 12.4 Å². The standard InChI is InChI=1S/C18H33N3O3.ClH/c1-14-6-10-21(11-7-14)18(24)15(2)20-9-4-5-16(8-12-20)19(3)13-17(22)23;/h14-16H,4-13H2,1-3H3,(H,22,23);1H. The molecule has 0 saturated carbocycles. The van der Waals surface area contributed by atoms with E-state index < -0.39 is 5.97 Å². The Kier molecular flexibility index (Phi) is 9.17. The maximum atomic E-state index is 12.8. The predicted octanol–water partition coefficient (Wildman–Crippen LogP) is 1.93. The first-order valence-corrected chi connectivity index (χ1v) is 9.33. The minimum Gasteiger partial charge on any atom is -0.480 e. The van der Waals surface area contributed by atoms with Gasteiger partial charge in [0.15, 0.2) is 0 Å². The lowest BCUT2D eigenvalue weighted by molar-refractivity contribution is -0.138. The van der Waals surface area contributed by atoms with Gasteiger partial charge in [-0.25, -0.2) is 0 Å². The molecular weight excluding hydrogens is 342 g/mol. The molecule has 6 nitrogen and oxygen atoms in total. The van der Waals surface area contributed by atoms with Crippen molar-refractivity contribution in [3.05, 3.63) is 0 Å². The van der Waals surface area contributed by atoms with E-state index in [0.29, 0.717) is 6.04 Å². The number of piperidine rings is 1. The van der Waals surface area contributed by atoms with Gasteiger partial charge in [-0.1, -0.05) is 6.92 Å². The lowest BCUT2D eigenvalue weighted by Gasteiger charge is -2.35. The highest BCUT2D eigenvalue weighted by Crippen LogP contribution is 2.21. The fourth-order valence-corrected chi connectivity index (χ4v) is 3.92. The fourth-order valence-electron chi connectivity index (χ4n) is 3.92. The molecule has 25 heavy (non-hydrogen) atoms. The highest BCUT2D eigenvalue weighted by Gasteiger charge is 2.30. The largest absolute Gasteiger partial charge is 0.480 e. The van der Waals surface area contributed by atoms with Crippen LogP contribution in [0.3, 0.4) is 0 Å². The minimum atomic E-state index is -0.776. The third-order valence-electron chi connectivity index (χ3n) is 5.74. The predicted molar refractivity (Wildman–Crippen MR) is 101 cm³/mol. The van der Waals surface area contributed by atoms with Gasteiger partial charge in [0.2, 0.25) is 5.91 Å². The quantitative estimate of drug-likeness (QED) is 0.795. The van der Waals surface area contributed by atoms with Crippen LogP contribution in [0.2, 0.25) is 0 Å². The molecular formula is C18H34ClN3O3. The van der Waals surface area contributed by atoms with Gasteiger partial charge in [0.1, 0.15) is 0 Å². The molecule has 0 aliphatic carbocycles. The van der Waals surface area contributed by atoms with Crippen molar-refractivity contribution in [2.24, 2.45) is 5.92 Å². The topological polar surface area (TPSA) is 64.1 Å². The Labute approximate surface area is 157 Å². The number of likely N-dealkylation sites (N-methyl/N-ethyl adjacent to an activating group) is 1. The maximum Gasteiger partial charge on any atom is 0.317 e. The Morgan fingerprint density at radius 3 is 2.36 bits per heavy atom. The Morgan fingerprint density at radius 1 is 1.12 bits per heavy atom. The Hall–Kier alpha value is -0.850. The second-order valence-corrected chi connectivity index (χ2v) is 7.61. The van der Waals surface area contributed by atoms with Crippen LogP contribution in [0.4, 0.5) is 0 Å². The fraction of sp³-hybridized carbons (Fsp3) is 0.889. The summed E-state index contributed by atoms with van der Waals surface area (Å²) in [4.78, 5) is 29.9. The Morgan fingerprint density at radius 2 is 1.76 bits per heavy atom. The van der Waals surface area contributed by atoms with Crippen LogP contribution in [0.15, 0.2) is 0 Å². The van der Waals surface area contributed by atoms with Gasteiger partial charge in [-0.2, -0.15) is 0 Å². The van der Waals surface area contributed by atoms with Gasteiger partial charge in [-0.15, -0.1) is 12.4 Å². The summed E-state index contributed by atoms with van der Waals surface area (Å²) >= 11 is 0. The molecule has 2 heterocycles. The van der Waals surface area contributed by atoms with Gasteiger partial charge in [-0.3, -0.25) is 19.4 Å². The zero-order valence-corrected chi connectivity index (χ0v) is 16.6.